The van der Waals surface area contributed by atoms with Crippen molar-refractivity contribution in [2.24, 2.45) is 0 Å². The van der Waals surface area contributed by atoms with Crippen LogP contribution in [-0.4, -0.2) is 23.1 Å². The van der Waals surface area contributed by atoms with Gasteiger partial charge in [0, 0.05) is 18.7 Å². The smallest absolute Gasteiger partial charge is 0.213 e. The zero-order chi connectivity index (χ0) is 15.1. The van der Waals surface area contributed by atoms with E-state index in [0.717, 1.165) is 23.7 Å². The van der Waals surface area contributed by atoms with Crippen LogP contribution in [0.2, 0.25) is 0 Å². The Balaban J connectivity index is 1.88. The maximum absolute atomic E-state index is 5.67. The molecule has 0 saturated heterocycles. The summed E-state index contributed by atoms with van der Waals surface area (Å²) < 4.78 is 10.8. The van der Waals surface area contributed by atoms with E-state index in [-0.39, 0.29) is 0 Å². The lowest BCUT2D eigenvalue weighted by Crippen LogP contribution is -2.22. The molecule has 0 fully saturated rings. The van der Waals surface area contributed by atoms with Gasteiger partial charge in [-0.25, -0.2) is 4.98 Å². The molecule has 0 bridgehead atoms. The molecular formula is C16H21N3O2. The van der Waals surface area contributed by atoms with E-state index in [9.17, 15) is 0 Å². The number of rotatable bonds is 7. The van der Waals surface area contributed by atoms with Crippen molar-refractivity contribution in [3.8, 4) is 11.6 Å². The molecule has 0 unspecified atom stereocenters. The summed E-state index contributed by atoms with van der Waals surface area (Å²) in [4.78, 5) is 8.66. The predicted molar refractivity (Wildman–Crippen MR) is 81.3 cm³/mol. The van der Waals surface area contributed by atoms with Crippen LogP contribution in [0.15, 0.2) is 36.5 Å². The number of pyridine rings is 2. The third-order valence-corrected chi connectivity index (χ3v) is 2.87. The maximum atomic E-state index is 5.67. The molecule has 2 heterocycles. The van der Waals surface area contributed by atoms with Crippen molar-refractivity contribution in [1.29, 1.82) is 0 Å². The van der Waals surface area contributed by atoms with Crippen LogP contribution in [0, 0.1) is 0 Å². The molecule has 5 nitrogen and oxygen atoms in total. The van der Waals surface area contributed by atoms with Gasteiger partial charge in [0.05, 0.1) is 24.7 Å². The Morgan fingerprint density at radius 1 is 1.14 bits per heavy atom. The SMILES string of the molecule is COc1cccc(COc2ccc(CNC(C)C)nc2)n1. The van der Waals surface area contributed by atoms with E-state index in [4.69, 9.17) is 9.47 Å². The molecule has 5 heteroatoms. The van der Waals surface area contributed by atoms with Crippen LogP contribution in [0.3, 0.4) is 0 Å². The first-order valence-corrected chi connectivity index (χ1v) is 6.98. The van der Waals surface area contributed by atoms with E-state index in [1.165, 1.54) is 0 Å². The van der Waals surface area contributed by atoms with Crippen LogP contribution in [0.1, 0.15) is 25.2 Å². The van der Waals surface area contributed by atoms with Gasteiger partial charge in [0.25, 0.3) is 0 Å². The van der Waals surface area contributed by atoms with Gasteiger partial charge in [-0.3, -0.25) is 4.98 Å². The topological polar surface area (TPSA) is 56.3 Å². The number of nitrogens with one attached hydrogen (secondary N) is 1. The van der Waals surface area contributed by atoms with E-state index < -0.39 is 0 Å². The van der Waals surface area contributed by atoms with Crippen molar-refractivity contribution in [3.63, 3.8) is 0 Å². The fourth-order valence-electron chi connectivity index (χ4n) is 1.72. The van der Waals surface area contributed by atoms with Crippen LogP contribution in [0.5, 0.6) is 11.6 Å². The Labute approximate surface area is 125 Å². The summed E-state index contributed by atoms with van der Waals surface area (Å²) in [5.41, 5.74) is 1.82. The molecule has 2 rings (SSSR count). The predicted octanol–water partition coefficient (Wildman–Crippen LogP) is 2.56. The standard InChI is InChI=1S/C16H21N3O2/c1-12(2)17-9-13-7-8-15(10-18-13)21-11-14-5-4-6-16(19-14)20-3/h4-8,10,12,17H,9,11H2,1-3H3. The van der Waals surface area contributed by atoms with Crippen LogP contribution >= 0.6 is 0 Å². The van der Waals surface area contributed by atoms with Crippen LogP contribution < -0.4 is 14.8 Å². The zero-order valence-corrected chi connectivity index (χ0v) is 12.7. The first kappa shape index (κ1) is 15.3. The fourth-order valence-corrected chi connectivity index (χ4v) is 1.72. The van der Waals surface area contributed by atoms with Gasteiger partial charge in [0.1, 0.15) is 12.4 Å². The van der Waals surface area contributed by atoms with Crippen LogP contribution in [0.25, 0.3) is 0 Å². The normalized spacial score (nSPS) is 10.7. The van der Waals surface area contributed by atoms with Crippen molar-refractivity contribution < 1.29 is 9.47 Å². The van der Waals surface area contributed by atoms with Gasteiger partial charge in [-0.1, -0.05) is 19.9 Å². The summed E-state index contributed by atoms with van der Waals surface area (Å²) in [6.45, 7) is 5.37. The summed E-state index contributed by atoms with van der Waals surface area (Å²) >= 11 is 0. The van der Waals surface area contributed by atoms with E-state index in [2.05, 4.69) is 29.1 Å². The van der Waals surface area contributed by atoms with Gasteiger partial charge >= 0.3 is 0 Å². The molecule has 0 aliphatic heterocycles. The molecule has 0 amide bonds. The minimum Gasteiger partial charge on any atom is -0.486 e. The highest BCUT2D eigenvalue weighted by molar-refractivity contribution is 5.21. The Hall–Kier alpha value is -2.14. The third-order valence-electron chi connectivity index (χ3n) is 2.87. The third kappa shape index (κ3) is 5.04. The number of aromatic nitrogens is 2. The Morgan fingerprint density at radius 3 is 2.67 bits per heavy atom. The average molecular weight is 287 g/mol. The number of hydrogen-bond donors (Lipinski definition) is 1. The monoisotopic (exact) mass is 287 g/mol. The second-order valence-corrected chi connectivity index (χ2v) is 4.98. The summed E-state index contributed by atoms with van der Waals surface area (Å²) in [7, 11) is 1.60. The Morgan fingerprint density at radius 2 is 2.00 bits per heavy atom. The molecule has 112 valence electrons. The van der Waals surface area contributed by atoms with Crippen LogP contribution in [-0.2, 0) is 13.2 Å². The molecule has 21 heavy (non-hydrogen) atoms. The average Bonchev–Trinajstić information content (AvgIpc) is 2.52. The number of nitrogens with zero attached hydrogens (tertiary/aromatic N) is 2. The summed E-state index contributed by atoms with van der Waals surface area (Å²) in [5.74, 6) is 1.32. The minimum absolute atomic E-state index is 0.391. The van der Waals surface area contributed by atoms with Crippen molar-refractivity contribution in [2.75, 3.05) is 7.11 Å². The van der Waals surface area contributed by atoms with E-state index in [0.29, 0.717) is 18.5 Å². The fraction of sp³-hybridized carbons (Fsp3) is 0.375. The maximum Gasteiger partial charge on any atom is 0.213 e. The summed E-state index contributed by atoms with van der Waals surface area (Å²) in [6, 6.07) is 9.93. The van der Waals surface area contributed by atoms with Gasteiger partial charge < -0.3 is 14.8 Å². The van der Waals surface area contributed by atoms with Gasteiger partial charge in [0.2, 0.25) is 5.88 Å². The summed E-state index contributed by atoms with van der Waals surface area (Å²) in [6.07, 6.45) is 1.73. The number of hydrogen-bond acceptors (Lipinski definition) is 5. The molecule has 0 saturated carbocycles. The number of methoxy groups -OCH3 is 1. The molecule has 2 aromatic rings. The highest BCUT2D eigenvalue weighted by Gasteiger charge is 2.01. The molecule has 0 radical (unpaired) electrons. The molecule has 0 spiro atoms. The number of ether oxygens (including phenoxy) is 2. The molecule has 0 aromatic carbocycles. The van der Waals surface area contributed by atoms with Gasteiger partial charge in [-0.2, -0.15) is 0 Å². The molecule has 0 aliphatic carbocycles. The van der Waals surface area contributed by atoms with Gasteiger partial charge in [-0.15, -0.1) is 0 Å². The second-order valence-electron chi connectivity index (χ2n) is 4.98. The van der Waals surface area contributed by atoms with E-state index >= 15 is 0 Å². The largest absolute Gasteiger partial charge is 0.486 e. The Bertz CT molecular complexity index is 556. The molecule has 0 aliphatic rings. The lowest BCUT2D eigenvalue weighted by atomic mass is 10.3. The van der Waals surface area contributed by atoms with Gasteiger partial charge in [0.15, 0.2) is 0 Å². The molecule has 1 N–H and O–H groups in total. The minimum atomic E-state index is 0.391. The van der Waals surface area contributed by atoms with E-state index in [1.807, 2.05) is 30.3 Å². The highest BCUT2D eigenvalue weighted by atomic mass is 16.5. The lowest BCUT2D eigenvalue weighted by molar-refractivity contribution is 0.296. The first-order chi connectivity index (χ1) is 10.2. The van der Waals surface area contributed by atoms with Crippen molar-refractivity contribution >= 4 is 0 Å². The molecule has 2 aromatic heterocycles. The van der Waals surface area contributed by atoms with Crippen molar-refractivity contribution in [1.82, 2.24) is 15.3 Å². The van der Waals surface area contributed by atoms with Crippen LogP contribution in [0.4, 0.5) is 0 Å². The van der Waals surface area contributed by atoms with Crippen molar-refractivity contribution in [3.05, 3.63) is 47.9 Å². The van der Waals surface area contributed by atoms with Gasteiger partial charge in [-0.05, 0) is 18.2 Å². The van der Waals surface area contributed by atoms with Crippen molar-refractivity contribution in [2.45, 2.75) is 33.0 Å². The summed E-state index contributed by atoms with van der Waals surface area (Å²) in [5, 5.41) is 3.32. The highest BCUT2D eigenvalue weighted by Crippen LogP contribution is 2.13. The van der Waals surface area contributed by atoms with E-state index in [1.54, 1.807) is 13.3 Å². The lowest BCUT2D eigenvalue weighted by Gasteiger charge is -2.09. The molecule has 0 atom stereocenters. The first-order valence-electron chi connectivity index (χ1n) is 6.98. The quantitative estimate of drug-likeness (QED) is 0.848. The zero-order valence-electron chi connectivity index (χ0n) is 12.7. The molecular weight excluding hydrogens is 266 g/mol. The second kappa shape index (κ2) is 7.59. The Kier molecular flexibility index (Phi) is 5.51.